The van der Waals surface area contributed by atoms with Crippen LogP contribution in [0.15, 0.2) is 206 Å². The Labute approximate surface area is 434 Å². The third kappa shape index (κ3) is 7.57. The number of nitrogens with zero attached hydrogens (tertiary/aromatic N) is 7. The molecule has 0 unspecified atom stereocenters. The minimum Gasteiger partial charge on any atom is -0.309 e. The number of hydrogen-bond donors (Lipinski definition) is 0. The Hall–Kier alpha value is -11.0. The maximum absolute atomic E-state index is 16.8. The molecular weight excluding hydrogens is 948 g/mol. The van der Waals surface area contributed by atoms with E-state index in [9.17, 15) is 10.5 Å². The quantitative estimate of drug-likeness (QED) is 0.149. The predicted octanol–water partition coefficient (Wildman–Crippen LogP) is 18.6. The second kappa shape index (κ2) is 18.3. The van der Waals surface area contributed by atoms with Crippen molar-refractivity contribution in [1.82, 2.24) is 9.13 Å². The summed E-state index contributed by atoms with van der Waals surface area (Å²) in [6.07, 6.45) is -4.97. The van der Waals surface area contributed by atoms with Crippen molar-refractivity contribution in [3.8, 4) is 79.1 Å². The van der Waals surface area contributed by atoms with Crippen LogP contribution in [0.5, 0.6) is 0 Å². The van der Waals surface area contributed by atoms with Gasteiger partial charge in [-0.25, -0.2) is 14.5 Å². The van der Waals surface area contributed by atoms with Gasteiger partial charge in [-0.05, 0) is 105 Å². The summed E-state index contributed by atoms with van der Waals surface area (Å²) in [6.45, 7) is 24.0. The van der Waals surface area contributed by atoms with E-state index in [2.05, 4.69) is 26.7 Å². The molecule has 0 saturated carbocycles. The third-order valence-electron chi connectivity index (χ3n) is 14.1. The molecule has 0 bridgehead atoms. The van der Waals surface area contributed by atoms with E-state index >= 15 is 13.2 Å². The normalized spacial score (nSPS) is 11.3. The van der Waals surface area contributed by atoms with Gasteiger partial charge in [0.05, 0.1) is 82.0 Å². The van der Waals surface area contributed by atoms with Crippen molar-refractivity contribution in [2.24, 2.45) is 0 Å². The first-order valence-corrected chi connectivity index (χ1v) is 23.9. The van der Waals surface area contributed by atoms with Crippen LogP contribution >= 0.6 is 0 Å². The van der Waals surface area contributed by atoms with Gasteiger partial charge in [0, 0.05) is 27.1 Å². The van der Waals surface area contributed by atoms with E-state index in [1.807, 2.05) is 126 Å². The predicted molar refractivity (Wildman–Crippen MR) is 296 cm³/mol. The van der Waals surface area contributed by atoms with E-state index in [4.69, 9.17) is 19.7 Å². The summed E-state index contributed by atoms with van der Waals surface area (Å²) in [7, 11) is 0. The molecule has 0 fully saturated rings. The summed E-state index contributed by atoms with van der Waals surface area (Å²) in [5.41, 5.74) is 8.86. The van der Waals surface area contributed by atoms with Crippen molar-refractivity contribution in [2.45, 2.75) is 6.18 Å². The number of para-hydroxylation sites is 3. The summed E-state index contributed by atoms with van der Waals surface area (Å²) in [6, 6.07) is 65.2. The Morgan fingerprint density at radius 1 is 0.368 bits per heavy atom. The number of halogens is 3. The van der Waals surface area contributed by atoms with Gasteiger partial charge in [0.25, 0.3) is 0 Å². The molecule has 2 aromatic heterocycles. The van der Waals surface area contributed by atoms with Crippen LogP contribution in [0.25, 0.3) is 125 Å². The molecule has 0 saturated heterocycles. The van der Waals surface area contributed by atoms with Crippen LogP contribution in [0.1, 0.15) is 16.7 Å². The van der Waals surface area contributed by atoms with Gasteiger partial charge in [-0.2, -0.15) is 23.7 Å². The van der Waals surface area contributed by atoms with Gasteiger partial charge in [0.1, 0.15) is 0 Å². The highest BCUT2D eigenvalue weighted by Gasteiger charge is 2.37. The second-order valence-electron chi connectivity index (χ2n) is 18.2. The van der Waals surface area contributed by atoms with Gasteiger partial charge >= 0.3 is 6.18 Å². The lowest BCUT2D eigenvalue weighted by Gasteiger charge is -2.22. The average Bonchev–Trinajstić information content (AvgIpc) is 4.14. The Morgan fingerprint density at radius 3 is 1.18 bits per heavy atom. The van der Waals surface area contributed by atoms with Crippen molar-refractivity contribution < 1.29 is 13.2 Å². The Morgan fingerprint density at radius 2 is 0.763 bits per heavy atom. The molecule has 0 aliphatic rings. The number of aromatic nitrogens is 2. The van der Waals surface area contributed by atoms with E-state index in [0.29, 0.717) is 117 Å². The molecule has 0 spiro atoms. The third-order valence-corrected chi connectivity index (χ3v) is 14.1. The van der Waals surface area contributed by atoms with Crippen LogP contribution in [0.4, 0.5) is 30.2 Å². The van der Waals surface area contributed by atoms with E-state index in [-0.39, 0.29) is 11.4 Å². The zero-order valence-corrected chi connectivity index (χ0v) is 39.9. The molecule has 0 amide bonds. The van der Waals surface area contributed by atoms with E-state index in [1.54, 1.807) is 83.4 Å². The topological polar surface area (TPSA) is 70.5 Å². The molecule has 7 nitrogen and oxygen atoms in total. The molecule has 0 atom stereocenters. The van der Waals surface area contributed by atoms with Gasteiger partial charge < -0.3 is 9.13 Å². The SMILES string of the molecule is [C-]#[N+]c1ccccc1-c1ccc2c3ccc(-c4ccccc4[N+]#[C-])cc3n(-c3cc(C(F)(F)F)c(-n4c5cc(-c6ccccc6C#N)ccc5c5ccc(-c6ccccc6[N+]#[C-])cc54)cc3-c3cccc(C#N)c3)c2c1. The molecule has 10 aromatic carbocycles. The van der Waals surface area contributed by atoms with Crippen LogP contribution in [0, 0.1) is 42.4 Å². The van der Waals surface area contributed by atoms with Gasteiger partial charge in [0.15, 0.2) is 17.1 Å². The van der Waals surface area contributed by atoms with E-state index < -0.39 is 11.7 Å². The lowest BCUT2D eigenvalue weighted by atomic mass is 9.97. The number of hydrogen-bond acceptors (Lipinski definition) is 2. The number of rotatable bonds is 7. The molecule has 0 N–H and O–H groups in total. The molecule has 10 heteroatoms. The van der Waals surface area contributed by atoms with Crippen molar-refractivity contribution in [3.63, 3.8) is 0 Å². The highest BCUT2D eigenvalue weighted by atomic mass is 19.4. The first-order valence-electron chi connectivity index (χ1n) is 23.9. The van der Waals surface area contributed by atoms with Crippen LogP contribution < -0.4 is 0 Å². The standard InChI is InChI=1S/C66H34F3N7/c1-72-57-20-9-6-17-48(57)43-24-28-51-52-29-25-44(49-18-7-10-21-58(49)73-2)34-61(52)75(60(51)33-43)64-37-56(66(67,68)69)65(36-55(64)41-15-12-13-40(31-41)38-70)76-62-32-42(47-16-5-4-14-46(47)39-71)23-27-53(62)54-30-26-45(35-63(54)76)50-19-8-11-22-59(50)74-3/h4-37H. The minimum atomic E-state index is -4.97. The number of nitriles is 2. The van der Waals surface area contributed by atoms with Crippen LogP contribution in [0.3, 0.4) is 0 Å². The van der Waals surface area contributed by atoms with Crippen molar-refractivity contribution in [1.29, 1.82) is 10.5 Å². The molecular formula is C66H34F3N7. The fraction of sp³-hybridized carbons (Fsp3) is 0.0152. The molecule has 0 aliphatic carbocycles. The van der Waals surface area contributed by atoms with E-state index in [0.717, 1.165) is 10.8 Å². The molecule has 0 radical (unpaired) electrons. The molecule has 354 valence electrons. The first-order chi connectivity index (χ1) is 37.1. The van der Waals surface area contributed by atoms with Crippen LogP contribution in [-0.4, -0.2) is 9.13 Å². The maximum Gasteiger partial charge on any atom is 0.418 e. The summed E-state index contributed by atoms with van der Waals surface area (Å²) in [5, 5.41) is 23.3. The largest absolute Gasteiger partial charge is 0.418 e. The highest BCUT2D eigenvalue weighted by molar-refractivity contribution is 6.14. The highest BCUT2D eigenvalue weighted by Crippen LogP contribution is 2.48. The molecule has 2 heterocycles. The average molecular weight is 982 g/mol. The van der Waals surface area contributed by atoms with Gasteiger partial charge in [0.2, 0.25) is 0 Å². The second-order valence-corrected chi connectivity index (χ2v) is 18.2. The number of fused-ring (bicyclic) bond motifs is 6. The molecule has 0 aliphatic heterocycles. The molecule has 12 rings (SSSR count). The summed E-state index contributed by atoms with van der Waals surface area (Å²) in [4.78, 5) is 11.4. The van der Waals surface area contributed by atoms with Gasteiger partial charge in [-0.1, -0.05) is 152 Å². The Balaban J connectivity index is 1.25. The lowest BCUT2D eigenvalue weighted by Crippen LogP contribution is -2.13. The maximum atomic E-state index is 16.8. The molecule has 12 aromatic rings. The lowest BCUT2D eigenvalue weighted by molar-refractivity contribution is -0.137. The zero-order chi connectivity index (χ0) is 52.2. The fourth-order valence-electron chi connectivity index (χ4n) is 10.7. The van der Waals surface area contributed by atoms with Crippen LogP contribution in [-0.2, 0) is 6.18 Å². The monoisotopic (exact) mass is 981 g/mol. The van der Waals surface area contributed by atoms with Crippen molar-refractivity contribution in [2.75, 3.05) is 0 Å². The zero-order valence-electron chi connectivity index (χ0n) is 39.9. The van der Waals surface area contributed by atoms with Crippen LogP contribution in [0.2, 0.25) is 0 Å². The summed E-state index contributed by atoms with van der Waals surface area (Å²) >= 11 is 0. The van der Waals surface area contributed by atoms with Gasteiger partial charge in [-0.15, -0.1) is 0 Å². The summed E-state index contributed by atoms with van der Waals surface area (Å²) in [5.74, 6) is 0. The fourth-order valence-corrected chi connectivity index (χ4v) is 10.7. The summed E-state index contributed by atoms with van der Waals surface area (Å²) < 4.78 is 53.8. The number of alkyl halides is 3. The Kier molecular flexibility index (Phi) is 11.1. The number of benzene rings is 10. The van der Waals surface area contributed by atoms with Crippen molar-refractivity contribution in [3.05, 3.63) is 257 Å². The first kappa shape index (κ1) is 46.1. The van der Waals surface area contributed by atoms with Gasteiger partial charge in [-0.3, -0.25) is 0 Å². The molecule has 76 heavy (non-hydrogen) atoms. The van der Waals surface area contributed by atoms with Crippen molar-refractivity contribution >= 4 is 60.7 Å². The smallest absolute Gasteiger partial charge is 0.309 e. The Bertz CT molecular complexity index is 4420. The minimum absolute atomic E-state index is 0.161. The van der Waals surface area contributed by atoms with E-state index in [1.165, 1.54) is 6.07 Å².